The molecule has 1 aromatic carbocycles. The number of piperidine rings is 1. The molecule has 0 spiro atoms. The maximum absolute atomic E-state index is 12.0. The molecule has 0 aliphatic carbocycles. The molecule has 0 radical (unpaired) electrons. The van der Waals surface area contributed by atoms with Gasteiger partial charge in [-0.25, -0.2) is 0 Å². The highest BCUT2D eigenvalue weighted by Gasteiger charge is 2.34. The van der Waals surface area contributed by atoms with Crippen LogP contribution in [0, 0.1) is 5.92 Å². The summed E-state index contributed by atoms with van der Waals surface area (Å²) in [6.45, 7) is 2.75. The van der Waals surface area contributed by atoms with Crippen LogP contribution in [0.25, 0.3) is 0 Å². The molecule has 5 nitrogen and oxygen atoms in total. The molecule has 1 saturated heterocycles. The molecular formula is C16H23NO4. The summed E-state index contributed by atoms with van der Waals surface area (Å²) in [5.41, 5.74) is 1.01. The molecule has 1 aliphatic heterocycles. The molecule has 0 amide bonds. The summed E-state index contributed by atoms with van der Waals surface area (Å²) in [5, 5.41) is 0. The van der Waals surface area contributed by atoms with Gasteiger partial charge in [0.05, 0.1) is 21.3 Å². The number of benzene rings is 1. The molecule has 1 aromatic rings. The fourth-order valence-corrected chi connectivity index (χ4v) is 3.03. The van der Waals surface area contributed by atoms with E-state index in [4.69, 9.17) is 14.2 Å². The van der Waals surface area contributed by atoms with Crippen molar-refractivity contribution in [3.8, 4) is 17.2 Å². The number of carbonyl (C=O) groups excluding carboxylic acids is 1. The lowest BCUT2D eigenvalue weighted by Gasteiger charge is -2.37. The smallest absolute Gasteiger partial charge is 0.203 e. The SMILES string of the molecule is COc1cc([C@@H]2[C@@H](C)C(=O)CCN2C)cc(OC)c1OC. The van der Waals surface area contributed by atoms with Crippen LogP contribution in [-0.2, 0) is 4.79 Å². The van der Waals surface area contributed by atoms with Crippen molar-refractivity contribution in [1.29, 1.82) is 0 Å². The van der Waals surface area contributed by atoms with Crippen molar-refractivity contribution >= 4 is 5.78 Å². The van der Waals surface area contributed by atoms with E-state index in [0.717, 1.165) is 12.1 Å². The van der Waals surface area contributed by atoms with E-state index in [1.807, 2.05) is 26.1 Å². The summed E-state index contributed by atoms with van der Waals surface area (Å²) in [6, 6.07) is 3.88. The number of methoxy groups -OCH3 is 3. The Morgan fingerprint density at radius 3 is 2.14 bits per heavy atom. The van der Waals surface area contributed by atoms with Crippen molar-refractivity contribution in [2.75, 3.05) is 34.9 Å². The number of hydrogen-bond acceptors (Lipinski definition) is 5. The van der Waals surface area contributed by atoms with Crippen molar-refractivity contribution in [1.82, 2.24) is 4.90 Å². The van der Waals surface area contributed by atoms with Crippen molar-refractivity contribution in [3.05, 3.63) is 17.7 Å². The third-order valence-electron chi connectivity index (χ3n) is 4.20. The van der Waals surface area contributed by atoms with E-state index in [1.165, 1.54) is 0 Å². The van der Waals surface area contributed by atoms with E-state index < -0.39 is 0 Å². The van der Waals surface area contributed by atoms with Gasteiger partial charge < -0.3 is 14.2 Å². The zero-order chi connectivity index (χ0) is 15.6. The first-order valence-electron chi connectivity index (χ1n) is 7.06. The molecule has 0 unspecified atom stereocenters. The number of ether oxygens (including phenoxy) is 3. The second-order valence-electron chi connectivity index (χ2n) is 5.39. The second-order valence-corrected chi connectivity index (χ2v) is 5.39. The standard InChI is InChI=1S/C16H23NO4/c1-10-12(18)6-7-17(2)15(10)11-8-13(19-3)16(21-5)14(9-11)20-4/h8-10,15H,6-7H2,1-5H3/t10-,15-/m0/s1. The van der Waals surface area contributed by atoms with Gasteiger partial charge >= 0.3 is 0 Å². The van der Waals surface area contributed by atoms with E-state index in [2.05, 4.69) is 4.90 Å². The van der Waals surface area contributed by atoms with Crippen LogP contribution in [0.3, 0.4) is 0 Å². The molecule has 0 saturated carbocycles. The predicted octanol–water partition coefficient (Wildman–Crippen LogP) is 2.29. The Bertz CT molecular complexity index is 504. The highest BCUT2D eigenvalue weighted by Crippen LogP contribution is 2.43. The van der Waals surface area contributed by atoms with Gasteiger partial charge in [0, 0.05) is 24.9 Å². The molecule has 2 rings (SSSR count). The van der Waals surface area contributed by atoms with Gasteiger partial charge in [0.25, 0.3) is 0 Å². The third kappa shape index (κ3) is 2.83. The molecule has 1 fully saturated rings. The Kier molecular flexibility index (Phi) is 4.73. The Hall–Kier alpha value is -1.75. The highest BCUT2D eigenvalue weighted by molar-refractivity contribution is 5.82. The summed E-state index contributed by atoms with van der Waals surface area (Å²) in [7, 11) is 6.82. The summed E-state index contributed by atoms with van der Waals surface area (Å²) in [4.78, 5) is 14.2. The largest absolute Gasteiger partial charge is 0.493 e. The number of nitrogens with zero attached hydrogens (tertiary/aromatic N) is 1. The molecular weight excluding hydrogens is 270 g/mol. The third-order valence-corrected chi connectivity index (χ3v) is 4.20. The normalized spacial score (nSPS) is 23.0. The predicted molar refractivity (Wildman–Crippen MR) is 80.3 cm³/mol. The van der Waals surface area contributed by atoms with Crippen LogP contribution in [-0.4, -0.2) is 45.6 Å². The van der Waals surface area contributed by atoms with E-state index in [-0.39, 0.29) is 12.0 Å². The first-order chi connectivity index (χ1) is 10.0. The van der Waals surface area contributed by atoms with Gasteiger partial charge in [-0.1, -0.05) is 6.92 Å². The minimum atomic E-state index is -0.0495. The van der Waals surface area contributed by atoms with Crippen molar-refractivity contribution < 1.29 is 19.0 Å². The van der Waals surface area contributed by atoms with Crippen LogP contribution in [0.1, 0.15) is 24.9 Å². The monoisotopic (exact) mass is 293 g/mol. The van der Waals surface area contributed by atoms with Crippen LogP contribution in [0.15, 0.2) is 12.1 Å². The van der Waals surface area contributed by atoms with Gasteiger partial charge in [-0.3, -0.25) is 9.69 Å². The van der Waals surface area contributed by atoms with Gasteiger partial charge in [0.15, 0.2) is 11.5 Å². The number of rotatable bonds is 4. The first kappa shape index (κ1) is 15.6. The van der Waals surface area contributed by atoms with Crippen molar-refractivity contribution in [2.45, 2.75) is 19.4 Å². The average Bonchev–Trinajstić information content (AvgIpc) is 2.50. The summed E-state index contributed by atoms with van der Waals surface area (Å²) in [5.74, 6) is 2.05. The van der Waals surface area contributed by atoms with Crippen molar-refractivity contribution in [3.63, 3.8) is 0 Å². The maximum atomic E-state index is 12.0. The van der Waals surface area contributed by atoms with E-state index in [0.29, 0.717) is 29.5 Å². The molecule has 21 heavy (non-hydrogen) atoms. The van der Waals surface area contributed by atoms with Gasteiger partial charge in [0.2, 0.25) is 5.75 Å². The van der Waals surface area contributed by atoms with Crippen LogP contribution in [0.5, 0.6) is 17.2 Å². The fourth-order valence-electron chi connectivity index (χ4n) is 3.03. The topological polar surface area (TPSA) is 48.0 Å². The first-order valence-corrected chi connectivity index (χ1v) is 7.06. The summed E-state index contributed by atoms with van der Waals surface area (Å²) in [6.07, 6.45) is 0.610. The number of hydrogen-bond donors (Lipinski definition) is 0. The van der Waals surface area contributed by atoms with Gasteiger partial charge in [-0.2, -0.15) is 0 Å². The molecule has 0 bridgehead atoms. The lowest BCUT2D eigenvalue weighted by Crippen LogP contribution is -2.40. The van der Waals surface area contributed by atoms with E-state index >= 15 is 0 Å². The average molecular weight is 293 g/mol. The van der Waals surface area contributed by atoms with Gasteiger partial charge in [-0.05, 0) is 24.7 Å². The van der Waals surface area contributed by atoms with Crippen LogP contribution in [0.2, 0.25) is 0 Å². The van der Waals surface area contributed by atoms with Gasteiger partial charge in [-0.15, -0.1) is 0 Å². The Morgan fingerprint density at radius 2 is 1.67 bits per heavy atom. The number of ketones is 1. The minimum Gasteiger partial charge on any atom is -0.493 e. The Morgan fingerprint density at radius 1 is 1.10 bits per heavy atom. The van der Waals surface area contributed by atoms with E-state index in [9.17, 15) is 4.79 Å². The molecule has 1 aliphatic rings. The lowest BCUT2D eigenvalue weighted by molar-refractivity contribution is -0.127. The van der Waals surface area contributed by atoms with Crippen LogP contribution >= 0.6 is 0 Å². The highest BCUT2D eigenvalue weighted by atomic mass is 16.5. The zero-order valence-corrected chi connectivity index (χ0v) is 13.3. The fraction of sp³-hybridized carbons (Fsp3) is 0.562. The molecule has 116 valence electrons. The number of Topliss-reactive ketones (excluding diaryl/α,β-unsaturated/α-hetero) is 1. The molecule has 1 heterocycles. The minimum absolute atomic E-state index is 0.0277. The number of likely N-dealkylation sites (tertiary alicyclic amines) is 1. The van der Waals surface area contributed by atoms with Crippen LogP contribution in [0.4, 0.5) is 0 Å². The zero-order valence-electron chi connectivity index (χ0n) is 13.3. The molecule has 0 N–H and O–H groups in total. The number of carbonyl (C=O) groups is 1. The summed E-state index contributed by atoms with van der Waals surface area (Å²) < 4.78 is 16.1. The molecule has 5 heteroatoms. The molecule has 0 aromatic heterocycles. The Balaban J connectivity index is 2.49. The summed E-state index contributed by atoms with van der Waals surface area (Å²) >= 11 is 0. The Labute approximate surface area is 125 Å². The van der Waals surface area contributed by atoms with Gasteiger partial charge in [0.1, 0.15) is 5.78 Å². The lowest BCUT2D eigenvalue weighted by atomic mass is 9.85. The van der Waals surface area contributed by atoms with Crippen molar-refractivity contribution in [2.24, 2.45) is 5.92 Å². The van der Waals surface area contributed by atoms with Crippen LogP contribution < -0.4 is 14.2 Å². The van der Waals surface area contributed by atoms with E-state index in [1.54, 1.807) is 21.3 Å². The second kappa shape index (κ2) is 6.35. The quantitative estimate of drug-likeness (QED) is 0.852. The molecule has 2 atom stereocenters. The maximum Gasteiger partial charge on any atom is 0.203 e.